The largest absolute Gasteiger partial charge is 0.574 e. The minimum atomic E-state index is -4.84. The number of pyridine rings is 1. The molecule has 16 heavy (non-hydrogen) atoms. The summed E-state index contributed by atoms with van der Waals surface area (Å²) in [6, 6.07) is 1.23. The van der Waals surface area contributed by atoms with E-state index in [0.29, 0.717) is 0 Å². The Morgan fingerprint density at radius 3 is 2.44 bits per heavy atom. The van der Waals surface area contributed by atoms with Gasteiger partial charge in [0.25, 0.3) is 0 Å². The normalized spacial score (nSPS) is 11.3. The van der Waals surface area contributed by atoms with Crippen molar-refractivity contribution in [3.05, 3.63) is 11.6 Å². The number of alkyl halides is 3. The summed E-state index contributed by atoms with van der Waals surface area (Å²) in [5.74, 6) is -0.794. The van der Waals surface area contributed by atoms with Crippen LogP contribution in [0.2, 0.25) is 0 Å². The van der Waals surface area contributed by atoms with Crippen molar-refractivity contribution in [2.45, 2.75) is 12.9 Å². The molecule has 0 bridgehead atoms. The maximum atomic E-state index is 12.0. The molecule has 0 radical (unpaired) electrons. The third-order valence-electron chi connectivity index (χ3n) is 1.68. The number of aromatic nitrogens is 1. The van der Waals surface area contributed by atoms with Crippen molar-refractivity contribution in [1.82, 2.24) is 4.98 Å². The molecule has 1 aromatic heterocycles. The molecule has 0 aromatic carbocycles. The summed E-state index contributed by atoms with van der Waals surface area (Å²) in [5.41, 5.74) is 10.9. The summed E-state index contributed by atoms with van der Waals surface area (Å²) in [5, 5.41) is 0. The lowest BCUT2D eigenvalue weighted by Crippen LogP contribution is -2.20. The number of nitrogen functional groups attached to an aromatic ring is 1. The van der Waals surface area contributed by atoms with E-state index < -0.39 is 12.2 Å². The molecule has 0 aliphatic rings. The summed E-state index contributed by atoms with van der Waals surface area (Å²) in [6.07, 6.45) is -4.84. The minimum Gasteiger partial charge on any atom is -0.479 e. The number of hydrogen-bond donors (Lipinski definition) is 2. The fourth-order valence-corrected chi connectivity index (χ4v) is 1.05. The van der Waals surface area contributed by atoms with Gasteiger partial charge in [0.1, 0.15) is 0 Å². The van der Waals surface area contributed by atoms with Gasteiger partial charge in [0, 0.05) is 12.1 Å². The monoisotopic (exact) mass is 237 g/mol. The number of halogens is 3. The lowest BCUT2D eigenvalue weighted by atomic mass is 10.2. The molecule has 0 spiro atoms. The van der Waals surface area contributed by atoms with Crippen molar-refractivity contribution in [2.75, 3.05) is 12.8 Å². The molecule has 8 heteroatoms. The SMILES string of the molecule is COc1nc(OC(F)(F)F)c(CN)cc1N. The first-order valence-corrected chi connectivity index (χ1v) is 4.16. The van der Waals surface area contributed by atoms with E-state index in [2.05, 4.69) is 14.5 Å². The Bertz CT molecular complexity index is 382. The summed E-state index contributed by atoms with van der Waals surface area (Å²) in [7, 11) is 1.23. The van der Waals surface area contributed by atoms with Crippen LogP contribution in [0.15, 0.2) is 6.07 Å². The van der Waals surface area contributed by atoms with Crippen molar-refractivity contribution in [3.63, 3.8) is 0 Å². The Labute approximate surface area is 89.1 Å². The number of rotatable bonds is 3. The van der Waals surface area contributed by atoms with Gasteiger partial charge in [0.2, 0.25) is 11.8 Å². The third kappa shape index (κ3) is 2.89. The zero-order valence-electron chi connectivity index (χ0n) is 8.34. The molecule has 90 valence electrons. The lowest BCUT2D eigenvalue weighted by Gasteiger charge is -2.13. The number of nitrogens with two attached hydrogens (primary N) is 2. The number of hydrogen-bond acceptors (Lipinski definition) is 5. The second kappa shape index (κ2) is 4.44. The van der Waals surface area contributed by atoms with Crippen molar-refractivity contribution < 1.29 is 22.6 Å². The zero-order valence-corrected chi connectivity index (χ0v) is 8.34. The number of methoxy groups -OCH3 is 1. The zero-order chi connectivity index (χ0) is 12.3. The van der Waals surface area contributed by atoms with Gasteiger partial charge in [-0.1, -0.05) is 0 Å². The molecule has 0 aliphatic heterocycles. The molecule has 0 amide bonds. The van der Waals surface area contributed by atoms with Gasteiger partial charge in [-0.3, -0.25) is 0 Å². The molecule has 5 nitrogen and oxygen atoms in total. The van der Waals surface area contributed by atoms with E-state index in [1.54, 1.807) is 0 Å². The molecule has 0 aliphatic carbocycles. The Kier molecular flexibility index (Phi) is 3.43. The van der Waals surface area contributed by atoms with Crippen LogP contribution in [0.5, 0.6) is 11.8 Å². The number of ether oxygens (including phenoxy) is 2. The number of nitrogens with zero attached hydrogens (tertiary/aromatic N) is 1. The summed E-state index contributed by atoms with van der Waals surface area (Å²) >= 11 is 0. The average Bonchev–Trinajstić information content (AvgIpc) is 2.18. The second-order valence-corrected chi connectivity index (χ2v) is 2.80. The van der Waals surface area contributed by atoms with Crippen LogP contribution in [0, 0.1) is 0 Å². The van der Waals surface area contributed by atoms with Gasteiger partial charge >= 0.3 is 6.36 Å². The Hall–Kier alpha value is -1.70. The Morgan fingerprint density at radius 1 is 1.38 bits per heavy atom. The summed E-state index contributed by atoms with van der Waals surface area (Å²) in [6.45, 7) is -0.174. The summed E-state index contributed by atoms with van der Waals surface area (Å²) < 4.78 is 44.4. The van der Waals surface area contributed by atoms with Crippen molar-refractivity contribution in [2.24, 2.45) is 5.73 Å². The van der Waals surface area contributed by atoms with Crippen molar-refractivity contribution in [3.8, 4) is 11.8 Å². The van der Waals surface area contributed by atoms with Gasteiger partial charge in [-0.25, -0.2) is 0 Å². The molecule has 4 N–H and O–H groups in total. The van der Waals surface area contributed by atoms with E-state index in [-0.39, 0.29) is 23.7 Å². The molecule has 1 rings (SSSR count). The van der Waals surface area contributed by atoms with Crippen LogP contribution in [0.1, 0.15) is 5.56 Å². The highest BCUT2D eigenvalue weighted by Crippen LogP contribution is 2.30. The van der Waals surface area contributed by atoms with Gasteiger partial charge in [0.15, 0.2) is 0 Å². The second-order valence-electron chi connectivity index (χ2n) is 2.80. The molecule has 0 saturated heterocycles. The number of anilines is 1. The van der Waals surface area contributed by atoms with Crippen LogP contribution in [0.25, 0.3) is 0 Å². The first-order valence-electron chi connectivity index (χ1n) is 4.16. The van der Waals surface area contributed by atoms with Crippen LogP contribution in [0.3, 0.4) is 0 Å². The fourth-order valence-electron chi connectivity index (χ4n) is 1.05. The Balaban J connectivity index is 3.15. The topological polar surface area (TPSA) is 83.4 Å². The van der Waals surface area contributed by atoms with Crippen molar-refractivity contribution in [1.29, 1.82) is 0 Å². The first kappa shape index (κ1) is 12.4. The van der Waals surface area contributed by atoms with Crippen LogP contribution >= 0.6 is 0 Å². The van der Waals surface area contributed by atoms with Gasteiger partial charge in [-0.15, -0.1) is 13.2 Å². The minimum absolute atomic E-state index is 0.0515. The maximum Gasteiger partial charge on any atom is 0.574 e. The molecule has 1 heterocycles. The third-order valence-corrected chi connectivity index (χ3v) is 1.68. The van der Waals surface area contributed by atoms with E-state index in [1.807, 2.05) is 0 Å². The van der Waals surface area contributed by atoms with Crippen LogP contribution in [0.4, 0.5) is 18.9 Å². The van der Waals surface area contributed by atoms with Gasteiger partial charge in [0.05, 0.1) is 12.8 Å². The van der Waals surface area contributed by atoms with E-state index in [0.717, 1.165) is 0 Å². The molecule has 1 aromatic rings. The van der Waals surface area contributed by atoms with Crippen LogP contribution in [-0.2, 0) is 6.54 Å². The van der Waals surface area contributed by atoms with Gasteiger partial charge in [-0.2, -0.15) is 4.98 Å². The lowest BCUT2D eigenvalue weighted by molar-refractivity contribution is -0.276. The predicted molar refractivity (Wildman–Crippen MR) is 49.8 cm³/mol. The fraction of sp³-hybridized carbons (Fsp3) is 0.375. The van der Waals surface area contributed by atoms with E-state index in [4.69, 9.17) is 11.5 Å². The van der Waals surface area contributed by atoms with E-state index >= 15 is 0 Å². The van der Waals surface area contributed by atoms with Crippen molar-refractivity contribution >= 4 is 5.69 Å². The van der Waals surface area contributed by atoms with Gasteiger partial charge < -0.3 is 20.9 Å². The summed E-state index contributed by atoms with van der Waals surface area (Å²) in [4.78, 5) is 3.48. The average molecular weight is 237 g/mol. The molecular formula is C8H10F3N3O2. The molecule has 0 saturated carbocycles. The standard InChI is InChI=1S/C8H10F3N3O2/c1-15-7-5(13)2-4(3-12)6(14-7)16-8(9,10)11/h2H,3,12-13H2,1H3. The quantitative estimate of drug-likeness (QED) is 0.820. The molecule has 0 atom stereocenters. The van der Waals surface area contributed by atoms with Crippen LogP contribution < -0.4 is 20.9 Å². The highest BCUT2D eigenvalue weighted by atomic mass is 19.4. The van der Waals surface area contributed by atoms with E-state index in [9.17, 15) is 13.2 Å². The van der Waals surface area contributed by atoms with E-state index in [1.165, 1.54) is 13.2 Å². The maximum absolute atomic E-state index is 12.0. The first-order chi connectivity index (χ1) is 7.37. The molecule has 0 unspecified atom stereocenters. The van der Waals surface area contributed by atoms with Crippen LogP contribution in [-0.4, -0.2) is 18.5 Å². The molecular weight excluding hydrogens is 227 g/mol. The highest BCUT2D eigenvalue weighted by molar-refractivity contribution is 5.52. The smallest absolute Gasteiger partial charge is 0.479 e. The van der Waals surface area contributed by atoms with Gasteiger partial charge in [-0.05, 0) is 6.07 Å². The Morgan fingerprint density at radius 2 is 2.00 bits per heavy atom. The molecule has 0 fully saturated rings. The predicted octanol–water partition coefficient (Wildman–Crippen LogP) is 1.03. The highest BCUT2D eigenvalue weighted by Gasteiger charge is 2.33.